The first kappa shape index (κ1) is 11.3. The van der Waals surface area contributed by atoms with Gasteiger partial charge in [0.1, 0.15) is 20.6 Å². The van der Waals surface area contributed by atoms with Crippen molar-refractivity contribution in [3.63, 3.8) is 0 Å². The van der Waals surface area contributed by atoms with E-state index in [1.807, 2.05) is 36.4 Å². The van der Waals surface area contributed by atoms with E-state index in [0.717, 1.165) is 20.6 Å². The lowest BCUT2D eigenvalue weighted by Gasteiger charge is -1.91. The van der Waals surface area contributed by atoms with E-state index in [2.05, 4.69) is 53.7 Å². The smallest absolute Gasteiger partial charge is 0.114 e. The average molecular weight is 338 g/mol. The lowest BCUT2D eigenvalue weighted by Crippen LogP contribution is -1.84. The largest absolute Gasteiger partial charge is 0.232 e. The molecule has 2 aromatic rings. The Hall–Kier alpha value is -1.18. The molecule has 0 atom stereocenters. The first-order valence-electron chi connectivity index (χ1n) is 4.51. The van der Waals surface area contributed by atoms with Crippen molar-refractivity contribution >= 4 is 31.9 Å². The molecule has 0 unspecified atom stereocenters. The maximum atomic E-state index is 4.21. The molecule has 0 bridgehead atoms. The lowest BCUT2D eigenvalue weighted by atomic mass is 10.3. The highest BCUT2D eigenvalue weighted by Gasteiger charge is 1.92. The number of pyridine rings is 2. The molecule has 0 aliphatic carbocycles. The first-order valence-corrected chi connectivity index (χ1v) is 6.10. The van der Waals surface area contributed by atoms with E-state index in [-0.39, 0.29) is 0 Å². The molecule has 0 aliphatic rings. The molecule has 2 aromatic heterocycles. The fourth-order valence-corrected chi connectivity index (χ4v) is 1.77. The Kier molecular flexibility index (Phi) is 3.70. The monoisotopic (exact) mass is 336 g/mol. The summed E-state index contributed by atoms with van der Waals surface area (Å²) in [6.07, 6.45) is 0. The minimum absolute atomic E-state index is 0.719. The van der Waals surface area contributed by atoms with Gasteiger partial charge < -0.3 is 0 Å². The van der Waals surface area contributed by atoms with Crippen LogP contribution < -0.4 is 0 Å². The highest BCUT2D eigenvalue weighted by molar-refractivity contribution is 9.10. The van der Waals surface area contributed by atoms with Crippen molar-refractivity contribution in [2.45, 2.75) is 0 Å². The Balaban J connectivity index is 2.28. The third-order valence-corrected chi connectivity index (χ3v) is 2.63. The van der Waals surface area contributed by atoms with Gasteiger partial charge in [0.25, 0.3) is 0 Å². The van der Waals surface area contributed by atoms with E-state index in [4.69, 9.17) is 0 Å². The third kappa shape index (κ3) is 3.16. The third-order valence-electron chi connectivity index (χ3n) is 1.75. The summed E-state index contributed by atoms with van der Waals surface area (Å²) in [5.41, 5.74) is 1.44. The van der Waals surface area contributed by atoms with Gasteiger partial charge in [-0.05, 0) is 68.0 Å². The van der Waals surface area contributed by atoms with Gasteiger partial charge in [0.2, 0.25) is 0 Å². The zero-order valence-corrected chi connectivity index (χ0v) is 11.3. The fourth-order valence-electron chi connectivity index (χ4n) is 1.08. The Morgan fingerprint density at radius 2 is 1.19 bits per heavy atom. The molecule has 78 valence electrons. The molecule has 0 saturated heterocycles. The Morgan fingerprint density at radius 3 is 1.56 bits per heavy atom. The molecule has 2 nitrogen and oxygen atoms in total. The number of hydrogen-bond donors (Lipinski definition) is 0. The van der Waals surface area contributed by atoms with Gasteiger partial charge in [0.05, 0.1) is 0 Å². The first-order chi connectivity index (χ1) is 7.74. The molecule has 0 fully saturated rings. The van der Waals surface area contributed by atoms with Gasteiger partial charge >= 0.3 is 0 Å². The molecular weight excluding hydrogens is 332 g/mol. The SMILES string of the molecule is Brc1cccc(C#Cc2cccc(Br)n2)n1. The summed E-state index contributed by atoms with van der Waals surface area (Å²) in [6.45, 7) is 0. The van der Waals surface area contributed by atoms with Crippen LogP contribution in [-0.2, 0) is 0 Å². The topological polar surface area (TPSA) is 25.8 Å². The zero-order valence-electron chi connectivity index (χ0n) is 8.11. The van der Waals surface area contributed by atoms with E-state index < -0.39 is 0 Å². The molecule has 0 spiro atoms. The number of nitrogens with zero attached hydrogens (tertiary/aromatic N) is 2. The van der Waals surface area contributed by atoms with E-state index in [1.54, 1.807) is 0 Å². The summed E-state index contributed by atoms with van der Waals surface area (Å²) < 4.78 is 1.56. The molecule has 0 aliphatic heterocycles. The van der Waals surface area contributed by atoms with Gasteiger partial charge in [-0.1, -0.05) is 12.1 Å². The maximum absolute atomic E-state index is 4.21. The second-order valence-corrected chi connectivity index (χ2v) is 4.57. The molecule has 4 heteroatoms. The van der Waals surface area contributed by atoms with Gasteiger partial charge in [-0.25, -0.2) is 9.97 Å². The van der Waals surface area contributed by atoms with Gasteiger partial charge in [-0.2, -0.15) is 0 Å². The van der Waals surface area contributed by atoms with Crippen LogP contribution in [0.2, 0.25) is 0 Å². The summed E-state index contributed by atoms with van der Waals surface area (Å²) in [7, 11) is 0. The second-order valence-electron chi connectivity index (χ2n) is 2.94. The van der Waals surface area contributed by atoms with Crippen LogP contribution in [0.5, 0.6) is 0 Å². The Bertz CT molecular complexity index is 521. The predicted octanol–water partition coefficient (Wildman–Crippen LogP) is 3.40. The van der Waals surface area contributed by atoms with E-state index in [9.17, 15) is 0 Å². The van der Waals surface area contributed by atoms with E-state index in [0.29, 0.717) is 0 Å². The number of hydrogen-bond acceptors (Lipinski definition) is 2. The number of rotatable bonds is 0. The van der Waals surface area contributed by atoms with E-state index in [1.165, 1.54) is 0 Å². The van der Waals surface area contributed by atoms with Crippen LogP contribution in [-0.4, -0.2) is 9.97 Å². The molecule has 0 amide bonds. The normalized spacial score (nSPS) is 9.38. The summed E-state index contributed by atoms with van der Waals surface area (Å²) in [5.74, 6) is 5.91. The van der Waals surface area contributed by atoms with Crippen molar-refractivity contribution < 1.29 is 0 Å². The molecular formula is C12H6Br2N2. The van der Waals surface area contributed by atoms with Crippen LogP contribution in [0.25, 0.3) is 0 Å². The van der Waals surface area contributed by atoms with Crippen molar-refractivity contribution in [1.82, 2.24) is 9.97 Å². The predicted molar refractivity (Wildman–Crippen MR) is 69.9 cm³/mol. The van der Waals surface area contributed by atoms with E-state index >= 15 is 0 Å². The van der Waals surface area contributed by atoms with Crippen molar-refractivity contribution in [3.05, 3.63) is 57.0 Å². The minimum atomic E-state index is 0.719. The molecule has 0 aromatic carbocycles. The molecule has 0 N–H and O–H groups in total. The van der Waals surface area contributed by atoms with Crippen LogP contribution in [0.15, 0.2) is 45.6 Å². The molecule has 2 rings (SSSR count). The molecule has 0 saturated carbocycles. The fraction of sp³-hybridized carbons (Fsp3) is 0. The van der Waals surface area contributed by atoms with Crippen LogP contribution in [0.3, 0.4) is 0 Å². The highest BCUT2D eigenvalue weighted by Crippen LogP contribution is 2.07. The average Bonchev–Trinajstić information content (AvgIpc) is 2.27. The molecule has 0 radical (unpaired) electrons. The number of aromatic nitrogens is 2. The summed E-state index contributed by atoms with van der Waals surface area (Å²) >= 11 is 6.60. The summed E-state index contributed by atoms with van der Waals surface area (Å²) in [6, 6.07) is 11.2. The van der Waals surface area contributed by atoms with Crippen molar-refractivity contribution in [3.8, 4) is 11.8 Å². The van der Waals surface area contributed by atoms with Gasteiger partial charge in [0.15, 0.2) is 0 Å². The summed E-state index contributed by atoms with van der Waals surface area (Å²) in [5, 5.41) is 0. The van der Waals surface area contributed by atoms with Crippen LogP contribution in [0.4, 0.5) is 0 Å². The van der Waals surface area contributed by atoms with Crippen molar-refractivity contribution in [2.75, 3.05) is 0 Å². The van der Waals surface area contributed by atoms with Crippen molar-refractivity contribution in [2.24, 2.45) is 0 Å². The van der Waals surface area contributed by atoms with Gasteiger partial charge in [-0.15, -0.1) is 0 Å². The van der Waals surface area contributed by atoms with Crippen LogP contribution in [0.1, 0.15) is 11.4 Å². The Morgan fingerprint density at radius 1 is 0.750 bits per heavy atom. The number of halogens is 2. The standard InChI is InChI=1S/C12H6Br2N2/c13-11-5-1-3-9(15-11)7-8-10-4-2-6-12(14)16-10/h1-6H. The van der Waals surface area contributed by atoms with Gasteiger partial charge in [-0.3, -0.25) is 0 Å². The van der Waals surface area contributed by atoms with Gasteiger partial charge in [0, 0.05) is 0 Å². The Labute approximate surface area is 110 Å². The van der Waals surface area contributed by atoms with Crippen molar-refractivity contribution in [1.29, 1.82) is 0 Å². The van der Waals surface area contributed by atoms with Crippen LogP contribution >= 0.6 is 31.9 Å². The second kappa shape index (κ2) is 5.24. The minimum Gasteiger partial charge on any atom is -0.232 e. The highest BCUT2D eigenvalue weighted by atomic mass is 79.9. The lowest BCUT2D eigenvalue weighted by molar-refractivity contribution is 1.23. The quantitative estimate of drug-likeness (QED) is 0.544. The molecule has 16 heavy (non-hydrogen) atoms. The zero-order chi connectivity index (χ0) is 11.4. The van der Waals surface area contributed by atoms with Crippen LogP contribution in [0, 0.1) is 11.8 Å². The molecule has 2 heterocycles. The summed E-state index contributed by atoms with van der Waals surface area (Å²) in [4.78, 5) is 8.43. The maximum Gasteiger partial charge on any atom is 0.114 e.